The van der Waals surface area contributed by atoms with Gasteiger partial charge in [-0.2, -0.15) is 5.10 Å². The lowest BCUT2D eigenvalue weighted by atomic mass is 10.2. The van der Waals surface area contributed by atoms with Gasteiger partial charge in [-0.15, -0.1) is 0 Å². The molecule has 0 spiro atoms. The van der Waals surface area contributed by atoms with E-state index in [2.05, 4.69) is 12.0 Å². The minimum absolute atomic E-state index is 0.0894. The summed E-state index contributed by atoms with van der Waals surface area (Å²) in [6, 6.07) is 1.85. The van der Waals surface area contributed by atoms with E-state index in [9.17, 15) is 0 Å². The molecule has 0 aliphatic heterocycles. The second-order valence-corrected chi connectivity index (χ2v) is 2.91. The fourth-order valence-corrected chi connectivity index (χ4v) is 1.21. The number of aromatic nitrogens is 2. The number of hydrogen-bond donors (Lipinski definition) is 1. The van der Waals surface area contributed by atoms with Crippen LogP contribution in [0.15, 0.2) is 12.3 Å². The molecule has 0 radical (unpaired) electrons. The van der Waals surface area contributed by atoms with Crippen LogP contribution in [0.5, 0.6) is 0 Å². The van der Waals surface area contributed by atoms with E-state index in [1.807, 2.05) is 10.7 Å². The summed E-state index contributed by atoms with van der Waals surface area (Å²) in [7, 11) is 0. The number of nitrogens with zero attached hydrogens (tertiary/aromatic N) is 2. The molecule has 12 heavy (non-hydrogen) atoms. The van der Waals surface area contributed by atoms with Gasteiger partial charge in [0.05, 0.1) is 12.3 Å². The average molecular weight is 168 g/mol. The normalized spacial score (nSPS) is 10.5. The molecule has 0 saturated carbocycles. The molecule has 0 aliphatic rings. The molecule has 0 bridgehead atoms. The molecule has 3 nitrogen and oxygen atoms in total. The third kappa shape index (κ3) is 2.34. The quantitative estimate of drug-likeness (QED) is 0.678. The first kappa shape index (κ1) is 9.26. The Bertz CT molecular complexity index is 220. The van der Waals surface area contributed by atoms with Crippen LogP contribution in [-0.2, 0) is 13.2 Å². The first-order valence-electron chi connectivity index (χ1n) is 4.50. The third-order valence-electron chi connectivity index (χ3n) is 1.94. The highest BCUT2D eigenvalue weighted by atomic mass is 16.3. The molecule has 0 atom stereocenters. The number of aliphatic hydroxyl groups excluding tert-OH is 1. The molecule has 0 aliphatic carbocycles. The fourth-order valence-electron chi connectivity index (χ4n) is 1.21. The summed E-state index contributed by atoms with van der Waals surface area (Å²) in [5.41, 5.74) is 0.908. The van der Waals surface area contributed by atoms with Crippen LogP contribution >= 0.6 is 0 Å². The summed E-state index contributed by atoms with van der Waals surface area (Å²) in [5.74, 6) is 0. The SMILES string of the molecule is CCCCCn1nccc1CO. The van der Waals surface area contributed by atoms with Crippen molar-refractivity contribution < 1.29 is 5.11 Å². The average Bonchev–Trinajstić information content (AvgIpc) is 2.52. The van der Waals surface area contributed by atoms with Gasteiger partial charge < -0.3 is 5.11 Å². The zero-order valence-electron chi connectivity index (χ0n) is 7.53. The molecular weight excluding hydrogens is 152 g/mol. The van der Waals surface area contributed by atoms with Gasteiger partial charge in [-0.3, -0.25) is 4.68 Å². The fraction of sp³-hybridized carbons (Fsp3) is 0.667. The Balaban J connectivity index is 2.39. The molecule has 1 rings (SSSR count). The molecule has 0 saturated heterocycles. The maximum absolute atomic E-state index is 8.90. The second kappa shape index (κ2) is 4.93. The van der Waals surface area contributed by atoms with Gasteiger partial charge in [0, 0.05) is 12.7 Å². The predicted molar refractivity (Wildman–Crippen MR) is 47.7 cm³/mol. The van der Waals surface area contributed by atoms with Crippen molar-refractivity contribution >= 4 is 0 Å². The lowest BCUT2D eigenvalue weighted by molar-refractivity contribution is 0.267. The summed E-state index contributed by atoms with van der Waals surface area (Å²) in [5, 5.41) is 13.0. The number of aryl methyl sites for hydroxylation is 1. The van der Waals surface area contributed by atoms with E-state index in [4.69, 9.17) is 5.11 Å². The number of unbranched alkanes of at least 4 members (excludes halogenated alkanes) is 2. The van der Waals surface area contributed by atoms with Crippen molar-refractivity contribution in [1.29, 1.82) is 0 Å². The highest BCUT2D eigenvalue weighted by molar-refractivity contribution is 4.97. The van der Waals surface area contributed by atoms with Gasteiger partial charge >= 0.3 is 0 Å². The van der Waals surface area contributed by atoms with Crippen LogP contribution in [0.1, 0.15) is 31.9 Å². The Morgan fingerprint density at radius 1 is 1.50 bits per heavy atom. The highest BCUT2D eigenvalue weighted by Gasteiger charge is 1.98. The molecule has 0 fully saturated rings. The van der Waals surface area contributed by atoms with Crippen LogP contribution in [0.3, 0.4) is 0 Å². The Hall–Kier alpha value is -0.830. The van der Waals surface area contributed by atoms with Crippen molar-refractivity contribution in [1.82, 2.24) is 9.78 Å². The molecule has 1 aromatic rings. The van der Waals surface area contributed by atoms with Crippen molar-refractivity contribution in [3.05, 3.63) is 18.0 Å². The summed E-state index contributed by atoms with van der Waals surface area (Å²) in [6.45, 7) is 3.19. The van der Waals surface area contributed by atoms with Crippen molar-refractivity contribution in [2.75, 3.05) is 0 Å². The zero-order chi connectivity index (χ0) is 8.81. The van der Waals surface area contributed by atoms with E-state index in [0.29, 0.717) is 0 Å². The maximum atomic E-state index is 8.90. The summed E-state index contributed by atoms with van der Waals surface area (Å²) in [6.07, 6.45) is 5.32. The molecule has 68 valence electrons. The number of aliphatic hydroxyl groups is 1. The molecule has 0 unspecified atom stereocenters. The zero-order valence-corrected chi connectivity index (χ0v) is 7.53. The number of hydrogen-bond acceptors (Lipinski definition) is 2. The van der Waals surface area contributed by atoms with Crippen molar-refractivity contribution in [2.45, 2.75) is 39.3 Å². The third-order valence-corrected chi connectivity index (χ3v) is 1.94. The van der Waals surface area contributed by atoms with E-state index in [-0.39, 0.29) is 6.61 Å². The first-order valence-corrected chi connectivity index (χ1v) is 4.50. The van der Waals surface area contributed by atoms with Crippen molar-refractivity contribution in [3.8, 4) is 0 Å². The Labute approximate surface area is 73.0 Å². The van der Waals surface area contributed by atoms with E-state index in [1.165, 1.54) is 12.8 Å². The van der Waals surface area contributed by atoms with Gasteiger partial charge in [0.15, 0.2) is 0 Å². The minimum atomic E-state index is 0.0894. The van der Waals surface area contributed by atoms with E-state index < -0.39 is 0 Å². The maximum Gasteiger partial charge on any atom is 0.0849 e. The smallest absolute Gasteiger partial charge is 0.0849 e. The predicted octanol–water partition coefficient (Wildman–Crippen LogP) is 1.57. The van der Waals surface area contributed by atoms with Gasteiger partial charge in [0.25, 0.3) is 0 Å². The van der Waals surface area contributed by atoms with Gasteiger partial charge in [0.1, 0.15) is 0 Å². The largest absolute Gasteiger partial charge is 0.390 e. The van der Waals surface area contributed by atoms with E-state index >= 15 is 0 Å². The van der Waals surface area contributed by atoms with Crippen LogP contribution < -0.4 is 0 Å². The van der Waals surface area contributed by atoms with Crippen molar-refractivity contribution in [2.24, 2.45) is 0 Å². The van der Waals surface area contributed by atoms with Gasteiger partial charge in [-0.25, -0.2) is 0 Å². The molecule has 0 aromatic carbocycles. The lowest BCUT2D eigenvalue weighted by Gasteiger charge is -2.03. The summed E-state index contributed by atoms with van der Waals surface area (Å²) >= 11 is 0. The van der Waals surface area contributed by atoms with Crippen LogP contribution in [0.25, 0.3) is 0 Å². The van der Waals surface area contributed by atoms with Crippen LogP contribution in [0, 0.1) is 0 Å². The second-order valence-electron chi connectivity index (χ2n) is 2.91. The molecule has 3 heteroatoms. The number of rotatable bonds is 5. The van der Waals surface area contributed by atoms with Crippen LogP contribution in [0.2, 0.25) is 0 Å². The van der Waals surface area contributed by atoms with E-state index in [0.717, 1.165) is 18.7 Å². The summed E-state index contributed by atoms with van der Waals surface area (Å²) in [4.78, 5) is 0. The van der Waals surface area contributed by atoms with Gasteiger partial charge in [0.2, 0.25) is 0 Å². The van der Waals surface area contributed by atoms with Gasteiger partial charge in [-0.05, 0) is 12.5 Å². The van der Waals surface area contributed by atoms with Crippen LogP contribution in [-0.4, -0.2) is 14.9 Å². The van der Waals surface area contributed by atoms with E-state index in [1.54, 1.807) is 6.20 Å². The topological polar surface area (TPSA) is 38.0 Å². The van der Waals surface area contributed by atoms with Gasteiger partial charge in [-0.1, -0.05) is 19.8 Å². The minimum Gasteiger partial charge on any atom is -0.390 e. The standard InChI is InChI=1S/C9H16N2O/c1-2-3-4-7-11-9(8-12)5-6-10-11/h5-6,12H,2-4,7-8H2,1H3. The van der Waals surface area contributed by atoms with Crippen LogP contribution in [0.4, 0.5) is 0 Å². The highest BCUT2D eigenvalue weighted by Crippen LogP contribution is 2.02. The Kier molecular flexibility index (Phi) is 3.80. The molecular formula is C9H16N2O. The van der Waals surface area contributed by atoms with Crippen molar-refractivity contribution in [3.63, 3.8) is 0 Å². The Morgan fingerprint density at radius 2 is 2.33 bits per heavy atom. The molecule has 1 aromatic heterocycles. The lowest BCUT2D eigenvalue weighted by Crippen LogP contribution is -2.04. The molecule has 0 amide bonds. The Morgan fingerprint density at radius 3 is 3.00 bits per heavy atom. The molecule has 1 heterocycles. The first-order chi connectivity index (χ1) is 5.88. The molecule has 1 N–H and O–H groups in total. The summed E-state index contributed by atoms with van der Waals surface area (Å²) < 4.78 is 1.87. The monoisotopic (exact) mass is 168 g/mol.